The zero-order valence-electron chi connectivity index (χ0n) is 10.0. The summed E-state index contributed by atoms with van der Waals surface area (Å²) in [6.07, 6.45) is 0.989. The van der Waals surface area contributed by atoms with Crippen LogP contribution >= 0.6 is 22.7 Å². The van der Waals surface area contributed by atoms with Crippen LogP contribution in [-0.2, 0) is 17.8 Å². The first-order chi connectivity index (χ1) is 8.88. The van der Waals surface area contributed by atoms with E-state index in [2.05, 4.69) is 35.4 Å². The van der Waals surface area contributed by atoms with Gasteiger partial charge in [0.1, 0.15) is 0 Å². The molecular weight excluding hydrogens is 262 g/mol. The van der Waals surface area contributed by atoms with Gasteiger partial charge in [0.05, 0.1) is 24.6 Å². The molecule has 0 bridgehead atoms. The lowest BCUT2D eigenvalue weighted by Gasteiger charge is -2.00. The minimum absolute atomic E-state index is 0.407. The van der Waals surface area contributed by atoms with E-state index in [1.807, 2.05) is 6.07 Å². The molecule has 0 aliphatic rings. The summed E-state index contributed by atoms with van der Waals surface area (Å²) in [7, 11) is 0. The standard InChI is InChI=1S/C14H15NOS2/c15-8-1-3-13-5-6-14(18-13)11-16-9-7-12-4-2-10-17-12/h2,4-6,10H,7-9,11,15H2. The van der Waals surface area contributed by atoms with E-state index < -0.39 is 0 Å². The van der Waals surface area contributed by atoms with E-state index in [1.54, 1.807) is 22.7 Å². The van der Waals surface area contributed by atoms with Crippen LogP contribution in [0, 0.1) is 11.8 Å². The minimum Gasteiger partial charge on any atom is -0.376 e. The van der Waals surface area contributed by atoms with E-state index in [0.29, 0.717) is 13.2 Å². The molecule has 0 atom stereocenters. The van der Waals surface area contributed by atoms with Gasteiger partial charge in [0.25, 0.3) is 0 Å². The molecule has 0 aromatic carbocycles. The maximum absolute atomic E-state index is 5.66. The van der Waals surface area contributed by atoms with Crippen LogP contribution in [0.2, 0.25) is 0 Å². The first kappa shape index (κ1) is 13.3. The molecule has 2 N–H and O–H groups in total. The molecule has 0 aliphatic heterocycles. The molecule has 0 fully saturated rings. The van der Waals surface area contributed by atoms with Crippen molar-refractivity contribution in [3.63, 3.8) is 0 Å². The van der Waals surface area contributed by atoms with Gasteiger partial charge in [-0.15, -0.1) is 22.7 Å². The summed E-state index contributed by atoms with van der Waals surface area (Å²) in [6.45, 7) is 1.84. The van der Waals surface area contributed by atoms with Gasteiger partial charge in [-0.3, -0.25) is 0 Å². The summed E-state index contributed by atoms with van der Waals surface area (Å²) in [5.41, 5.74) is 5.34. The van der Waals surface area contributed by atoms with Crippen LogP contribution in [0.4, 0.5) is 0 Å². The molecule has 0 spiro atoms. The lowest BCUT2D eigenvalue weighted by atomic mass is 10.4. The normalized spacial score (nSPS) is 10.1. The summed E-state index contributed by atoms with van der Waals surface area (Å²) in [4.78, 5) is 3.63. The Bertz CT molecular complexity index is 519. The quantitative estimate of drug-likeness (QED) is 0.674. The van der Waals surface area contributed by atoms with E-state index in [-0.39, 0.29) is 0 Å². The zero-order chi connectivity index (χ0) is 12.6. The van der Waals surface area contributed by atoms with Crippen molar-refractivity contribution >= 4 is 22.7 Å². The predicted molar refractivity (Wildman–Crippen MR) is 77.9 cm³/mol. The Morgan fingerprint density at radius 2 is 2.17 bits per heavy atom. The van der Waals surface area contributed by atoms with Gasteiger partial charge in [0.15, 0.2) is 0 Å². The first-order valence-corrected chi connectivity index (χ1v) is 7.46. The molecule has 2 heterocycles. The van der Waals surface area contributed by atoms with Crippen molar-refractivity contribution < 1.29 is 4.74 Å². The molecule has 4 heteroatoms. The Hall–Kier alpha value is -1.12. The smallest absolute Gasteiger partial charge is 0.0809 e. The number of hydrogen-bond donors (Lipinski definition) is 1. The third-order valence-corrected chi connectivity index (χ3v) is 4.20. The summed E-state index contributed by atoms with van der Waals surface area (Å²) >= 11 is 3.44. The second-order valence-electron chi connectivity index (χ2n) is 3.65. The lowest BCUT2D eigenvalue weighted by Crippen LogP contribution is -1.96. The molecule has 18 heavy (non-hydrogen) atoms. The molecule has 0 radical (unpaired) electrons. The molecule has 2 aromatic heterocycles. The first-order valence-electron chi connectivity index (χ1n) is 5.76. The molecule has 94 valence electrons. The average Bonchev–Trinajstić information content (AvgIpc) is 3.04. The second-order valence-corrected chi connectivity index (χ2v) is 5.85. The number of thiophene rings is 2. The zero-order valence-corrected chi connectivity index (χ0v) is 11.7. The predicted octanol–water partition coefficient (Wildman–Crippen LogP) is 2.88. The van der Waals surface area contributed by atoms with E-state index in [0.717, 1.165) is 17.9 Å². The number of rotatable bonds is 5. The van der Waals surface area contributed by atoms with Crippen LogP contribution in [0.5, 0.6) is 0 Å². The molecule has 0 saturated carbocycles. The van der Waals surface area contributed by atoms with Crippen LogP contribution in [0.3, 0.4) is 0 Å². The monoisotopic (exact) mass is 277 g/mol. The van der Waals surface area contributed by atoms with Crippen LogP contribution < -0.4 is 5.73 Å². The van der Waals surface area contributed by atoms with Gasteiger partial charge < -0.3 is 10.5 Å². The third-order valence-electron chi connectivity index (χ3n) is 2.29. The van der Waals surface area contributed by atoms with Gasteiger partial charge in [-0.25, -0.2) is 0 Å². The Balaban J connectivity index is 1.71. The third kappa shape index (κ3) is 4.28. The number of ether oxygens (including phenoxy) is 1. The molecular formula is C14H15NOS2. The van der Waals surface area contributed by atoms with Crippen molar-refractivity contribution in [2.24, 2.45) is 5.73 Å². The highest BCUT2D eigenvalue weighted by molar-refractivity contribution is 7.12. The molecule has 2 nitrogen and oxygen atoms in total. The van der Waals surface area contributed by atoms with Gasteiger partial charge >= 0.3 is 0 Å². The van der Waals surface area contributed by atoms with Crippen molar-refractivity contribution in [2.75, 3.05) is 13.2 Å². The number of hydrogen-bond acceptors (Lipinski definition) is 4. The summed E-state index contributed by atoms with van der Waals surface area (Å²) < 4.78 is 5.66. The van der Waals surface area contributed by atoms with Crippen molar-refractivity contribution in [1.29, 1.82) is 0 Å². The second kappa shape index (κ2) is 7.34. The largest absolute Gasteiger partial charge is 0.376 e. The van der Waals surface area contributed by atoms with E-state index >= 15 is 0 Å². The van der Waals surface area contributed by atoms with Gasteiger partial charge in [0, 0.05) is 16.2 Å². The van der Waals surface area contributed by atoms with Crippen LogP contribution in [-0.4, -0.2) is 13.2 Å². The van der Waals surface area contributed by atoms with Crippen LogP contribution in [0.1, 0.15) is 14.6 Å². The fourth-order valence-electron chi connectivity index (χ4n) is 1.46. The Kier molecular flexibility index (Phi) is 5.43. The number of nitrogens with two attached hydrogens (primary N) is 1. The Morgan fingerprint density at radius 3 is 2.94 bits per heavy atom. The summed E-state index contributed by atoms with van der Waals surface area (Å²) in [5.74, 6) is 5.88. The summed E-state index contributed by atoms with van der Waals surface area (Å²) in [6, 6.07) is 8.29. The van der Waals surface area contributed by atoms with Gasteiger partial charge in [-0.05, 0) is 23.6 Å². The van der Waals surface area contributed by atoms with Crippen molar-refractivity contribution in [3.05, 3.63) is 44.3 Å². The highest BCUT2D eigenvalue weighted by atomic mass is 32.1. The van der Waals surface area contributed by atoms with Crippen molar-refractivity contribution in [1.82, 2.24) is 0 Å². The van der Waals surface area contributed by atoms with Crippen LogP contribution in [0.25, 0.3) is 0 Å². The van der Waals surface area contributed by atoms with E-state index in [1.165, 1.54) is 9.75 Å². The maximum atomic E-state index is 5.66. The van der Waals surface area contributed by atoms with Gasteiger partial charge in [-0.2, -0.15) is 0 Å². The lowest BCUT2D eigenvalue weighted by molar-refractivity contribution is 0.126. The van der Waals surface area contributed by atoms with E-state index in [9.17, 15) is 0 Å². The fraction of sp³-hybridized carbons (Fsp3) is 0.286. The maximum Gasteiger partial charge on any atom is 0.0809 e. The topological polar surface area (TPSA) is 35.2 Å². The van der Waals surface area contributed by atoms with Gasteiger partial charge in [0.2, 0.25) is 0 Å². The van der Waals surface area contributed by atoms with Crippen molar-refractivity contribution in [2.45, 2.75) is 13.0 Å². The fourth-order valence-corrected chi connectivity index (χ4v) is 2.97. The van der Waals surface area contributed by atoms with Crippen LogP contribution in [0.15, 0.2) is 29.6 Å². The molecule has 0 unspecified atom stereocenters. The molecule has 2 rings (SSSR count). The van der Waals surface area contributed by atoms with E-state index in [4.69, 9.17) is 10.5 Å². The average molecular weight is 277 g/mol. The Labute approximate surface area is 115 Å². The SMILES string of the molecule is NCC#Cc1ccc(COCCc2cccs2)s1. The molecule has 0 aliphatic carbocycles. The molecule has 0 saturated heterocycles. The Morgan fingerprint density at radius 1 is 1.22 bits per heavy atom. The van der Waals surface area contributed by atoms with Gasteiger partial charge in [-0.1, -0.05) is 17.9 Å². The molecule has 2 aromatic rings. The minimum atomic E-state index is 0.407. The summed E-state index contributed by atoms with van der Waals surface area (Å²) in [5, 5.41) is 2.09. The highest BCUT2D eigenvalue weighted by Gasteiger charge is 1.99. The van der Waals surface area contributed by atoms with Crippen molar-refractivity contribution in [3.8, 4) is 11.8 Å². The highest BCUT2D eigenvalue weighted by Crippen LogP contribution is 2.16. The molecule has 0 amide bonds.